The maximum Gasteiger partial charge on any atom is 0.255 e. The molecule has 0 unspecified atom stereocenters. The van der Waals surface area contributed by atoms with Crippen molar-refractivity contribution >= 4 is 75.3 Å². The number of carbonyl (C=O) groups is 1. The third-order valence-corrected chi connectivity index (χ3v) is 5.24. The van der Waals surface area contributed by atoms with E-state index in [-0.39, 0.29) is 5.91 Å². The number of aryl methyl sites for hydroxylation is 1. The first-order valence-electron chi connectivity index (χ1n) is 5.60. The van der Waals surface area contributed by atoms with Crippen molar-refractivity contribution in [3.05, 3.63) is 59.3 Å². The van der Waals surface area contributed by atoms with E-state index in [4.69, 9.17) is 0 Å². The van der Waals surface area contributed by atoms with Crippen LogP contribution in [0.3, 0.4) is 0 Å². The van der Waals surface area contributed by atoms with E-state index in [9.17, 15) is 4.79 Å². The third-order valence-electron chi connectivity index (χ3n) is 2.68. The Morgan fingerprint density at radius 1 is 0.950 bits per heavy atom. The van der Waals surface area contributed by atoms with Gasteiger partial charge in [0.1, 0.15) is 0 Å². The van der Waals surface area contributed by atoms with E-state index in [1.54, 1.807) is 6.07 Å². The Morgan fingerprint density at radius 3 is 2.10 bits per heavy atom. The molecule has 2 aromatic rings. The average molecular weight is 527 g/mol. The molecule has 0 fully saturated rings. The molecule has 0 bridgehead atoms. The van der Waals surface area contributed by atoms with E-state index >= 15 is 0 Å². The molecule has 2 rings (SSSR count). The summed E-state index contributed by atoms with van der Waals surface area (Å²) in [7, 11) is 0. The summed E-state index contributed by atoms with van der Waals surface area (Å²) >= 11 is 13.7. The monoisotopic (exact) mass is 523 g/mol. The number of nitrogens with one attached hydrogen (secondary N) is 1. The van der Waals surface area contributed by atoms with Gasteiger partial charge in [-0.15, -0.1) is 0 Å². The van der Waals surface area contributed by atoms with Gasteiger partial charge in [0.2, 0.25) is 0 Å². The molecule has 0 radical (unpaired) electrons. The number of rotatable bonds is 2. The minimum absolute atomic E-state index is 0.158. The zero-order chi connectivity index (χ0) is 14.9. The van der Waals surface area contributed by atoms with Gasteiger partial charge >= 0.3 is 0 Å². The summed E-state index contributed by atoms with van der Waals surface area (Å²) in [6, 6.07) is 9.28. The van der Waals surface area contributed by atoms with Crippen LogP contribution in [0.2, 0.25) is 0 Å². The van der Waals surface area contributed by atoms with Gasteiger partial charge in [-0.3, -0.25) is 4.79 Å². The number of carbonyl (C=O) groups excluding carboxylic acids is 1. The number of halogens is 4. The zero-order valence-electron chi connectivity index (χ0n) is 10.3. The molecule has 1 amide bonds. The molecule has 0 saturated heterocycles. The number of anilines is 1. The predicted molar refractivity (Wildman–Crippen MR) is 96.4 cm³/mol. The second kappa shape index (κ2) is 6.73. The number of benzene rings is 2. The predicted octanol–water partition coefficient (Wildman–Crippen LogP) is 6.30. The van der Waals surface area contributed by atoms with Gasteiger partial charge in [0.25, 0.3) is 5.91 Å². The van der Waals surface area contributed by atoms with Crippen molar-refractivity contribution in [2.24, 2.45) is 0 Å². The van der Waals surface area contributed by atoms with Gasteiger partial charge in [0.05, 0.1) is 5.69 Å². The van der Waals surface area contributed by atoms with E-state index < -0.39 is 0 Å². The van der Waals surface area contributed by atoms with Crippen LogP contribution in [-0.4, -0.2) is 5.91 Å². The van der Waals surface area contributed by atoms with E-state index in [0.717, 1.165) is 23.5 Å². The second-order valence-corrected chi connectivity index (χ2v) is 7.64. The Kier molecular flexibility index (Phi) is 5.45. The standard InChI is InChI=1S/C14H9Br4NO/c1-7-2-3-8(4-10(7)16)14(20)19-13-11(17)5-9(15)6-12(13)18/h2-6H,1H3,(H,19,20). The maximum atomic E-state index is 12.3. The summed E-state index contributed by atoms with van der Waals surface area (Å²) in [5, 5.41) is 2.89. The van der Waals surface area contributed by atoms with E-state index in [1.165, 1.54) is 0 Å². The summed E-state index contributed by atoms with van der Waals surface area (Å²) in [6.07, 6.45) is 0. The molecular weight excluding hydrogens is 518 g/mol. The van der Waals surface area contributed by atoms with Crippen molar-refractivity contribution in [2.45, 2.75) is 6.92 Å². The lowest BCUT2D eigenvalue weighted by atomic mass is 10.1. The lowest BCUT2D eigenvalue weighted by Gasteiger charge is -2.11. The van der Waals surface area contributed by atoms with Crippen LogP contribution in [0.5, 0.6) is 0 Å². The van der Waals surface area contributed by atoms with Crippen molar-refractivity contribution in [2.75, 3.05) is 5.32 Å². The van der Waals surface area contributed by atoms with Crippen molar-refractivity contribution in [1.82, 2.24) is 0 Å². The van der Waals surface area contributed by atoms with Crippen LogP contribution < -0.4 is 5.32 Å². The molecule has 104 valence electrons. The van der Waals surface area contributed by atoms with Crippen LogP contribution in [0, 0.1) is 6.92 Å². The van der Waals surface area contributed by atoms with Gasteiger partial charge in [-0.2, -0.15) is 0 Å². The maximum absolute atomic E-state index is 12.3. The van der Waals surface area contributed by atoms with Crippen LogP contribution in [0.15, 0.2) is 48.2 Å². The van der Waals surface area contributed by atoms with Gasteiger partial charge in [-0.1, -0.05) is 37.9 Å². The Morgan fingerprint density at radius 2 is 1.55 bits per heavy atom. The van der Waals surface area contributed by atoms with Crippen LogP contribution >= 0.6 is 63.7 Å². The minimum Gasteiger partial charge on any atom is -0.320 e. The normalized spacial score (nSPS) is 10.4. The fourth-order valence-corrected chi connectivity index (χ4v) is 4.42. The zero-order valence-corrected chi connectivity index (χ0v) is 16.7. The van der Waals surface area contributed by atoms with Crippen LogP contribution in [0.25, 0.3) is 0 Å². The Hall–Kier alpha value is -0.170. The molecule has 1 N–H and O–H groups in total. The quantitative estimate of drug-likeness (QED) is 0.489. The van der Waals surface area contributed by atoms with Gasteiger partial charge in [0, 0.05) is 23.5 Å². The molecule has 0 atom stereocenters. The first kappa shape index (κ1) is 16.2. The fraction of sp³-hybridized carbons (Fsp3) is 0.0714. The van der Waals surface area contributed by atoms with Gasteiger partial charge in [-0.25, -0.2) is 0 Å². The Balaban J connectivity index is 2.30. The molecular formula is C14H9Br4NO. The molecule has 0 aromatic heterocycles. The molecule has 0 aliphatic carbocycles. The molecule has 2 nitrogen and oxygen atoms in total. The van der Waals surface area contributed by atoms with Crippen molar-refractivity contribution < 1.29 is 4.79 Å². The number of amides is 1. The highest BCUT2D eigenvalue weighted by Crippen LogP contribution is 2.34. The first-order valence-corrected chi connectivity index (χ1v) is 8.77. The molecule has 0 spiro atoms. The molecule has 0 heterocycles. The van der Waals surface area contributed by atoms with Crippen LogP contribution in [0.4, 0.5) is 5.69 Å². The number of hydrogen-bond acceptors (Lipinski definition) is 1. The lowest BCUT2D eigenvalue weighted by molar-refractivity contribution is 0.102. The Labute approximate surface area is 150 Å². The highest BCUT2D eigenvalue weighted by Gasteiger charge is 2.12. The third kappa shape index (κ3) is 3.72. The average Bonchev–Trinajstić information content (AvgIpc) is 2.36. The van der Waals surface area contributed by atoms with E-state index in [0.29, 0.717) is 11.3 Å². The molecule has 0 aliphatic heterocycles. The minimum atomic E-state index is -0.158. The van der Waals surface area contributed by atoms with Crippen molar-refractivity contribution in [3.8, 4) is 0 Å². The number of hydrogen-bond donors (Lipinski definition) is 1. The highest BCUT2D eigenvalue weighted by atomic mass is 79.9. The topological polar surface area (TPSA) is 29.1 Å². The smallest absolute Gasteiger partial charge is 0.255 e. The molecule has 6 heteroatoms. The molecule has 0 aliphatic rings. The van der Waals surface area contributed by atoms with Crippen molar-refractivity contribution in [3.63, 3.8) is 0 Å². The molecule has 0 saturated carbocycles. The largest absolute Gasteiger partial charge is 0.320 e. The SMILES string of the molecule is Cc1ccc(C(=O)Nc2c(Br)cc(Br)cc2Br)cc1Br. The second-order valence-electron chi connectivity index (χ2n) is 4.16. The van der Waals surface area contributed by atoms with Gasteiger partial charge in [-0.05, 0) is 68.6 Å². The molecule has 2 aromatic carbocycles. The Bertz CT molecular complexity index is 662. The summed E-state index contributed by atoms with van der Waals surface area (Å²) in [6.45, 7) is 1.98. The van der Waals surface area contributed by atoms with Crippen LogP contribution in [0.1, 0.15) is 15.9 Å². The summed E-state index contributed by atoms with van der Waals surface area (Å²) in [5.74, 6) is -0.158. The van der Waals surface area contributed by atoms with Gasteiger partial charge in [0.15, 0.2) is 0 Å². The van der Waals surface area contributed by atoms with E-state index in [1.807, 2.05) is 31.2 Å². The van der Waals surface area contributed by atoms with Crippen molar-refractivity contribution in [1.29, 1.82) is 0 Å². The van der Waals surface area contributed by atoms with Crippen LogP contribution in [-0.2, 0) is 0 Å². The summed E-state index contributed by atoms with van der Waals surface area (Å²) < 4.78 is 3.45. The molecule has 20 heavy (non-hydrogen) atoms. The first-order chi connectivity index (χ1) is 9.38. The summed E-state index contributed by atoms with van der Waals surface area (Å²) in [5.41, 5.74) is 2.40. The highest BCUT2D eigenvalue weighted by molar-refractivity contribution is 9.11. The fourth-order valence-electron chi connectivity index (χ4n) is 1.58. The van der Waals surface area contributed by atoms with Gasteiger partial charge < -0.3 is 5.32 Å². The van der Waals surface area contributed by atoms with E-state index in [2.05, 4.69) is 69.0 Å². The lowest BCUT2D eigenvalue weighted by Crippen LogP contribution is -2.13. The summed E-state index contributed by atoms with van der Waals surface area (Å²) in [4.78, 5) is 12.3.